The van der Waals surface area contributed by atoms with Crippen LogP contribution in [0.4, 0.5) is 4.79 Å². The van der Waals surface area contributed by atoms with Crippen LogP contribution in [0.3, 0.4) is 0 Å². The van der Waals surface area contributed by atoms with Gasteiger partial charge < -0.3 is 15.2 Å². The Morgan fingerprint density at radius 1 is 1.13 bits per heavy atom. The highest BCUT2D eigenvalue weighted by molar-refractivity contribution is 5.67. The minimum atomic E-state index is -0.461. The third-order valence-electron chi connectivity index (χ3n) is 3.78. The Labute approximate surface area is 137 Å². The zero-order valence-electron chi connectivity index (χ0n) is 13.4. The first-order chi connectivity index (χ1) is 11.2. The number of carbonyl (C=O) groups excluding carboxylic acids is 1. The van der Waals surface area contributed by atoms with Crippen LogP contribution < -0.4 is 5.32 Å². The lowest BCUT2D eigenvalue weighted by Gasteiger charge is -2.16. The van der Waals surface area contributed by atoms with Gasteiger partial charge in [0.15, 0.2) is 0 Å². The van der Waals surface area contributed by atoms with E-state index in [1.54, 1.807) is 0 Å². The molecule has 4 nitrogen and oxygen atoms in total. The zero-order valence-corrected chi connectivity index (χ0v) is 13.4. The molecule has 0 fully saturated rings. The van der Waals surface area contributed by atoms with Crippen LogP contribution in [0.2, 0.25) is 0 Å². The molecule has 0 aliphatic heterocycles. The summed E-state index contributed by atoms with van der Waals surface area (Å²) in [6.45, 7) is 2.70. The van der Waals surface area contributed by atoms with Crippen LogP contribution in [0.15, 0.2) is 54.6 Å². The predicted octanol–water partition coefficient (Wildman–Crippen LogP) is 3.07. The molecule has 2 N–H and O–H groups in total. The van der Waals surface area contributed by atoms with E-state index >= 15 is 0 Å². The number of ether oxygens (including phenoxy) is 1. The van der Waals surface area contributed by atoms with Crippen molar-refractivity contribution in [2.45, 2.75) is 20.0 Å². The van der Waals surface area contributed by atoms with Crippen LogP contribution in [0.25, 0.3) is 0 Å². The number of rotatable bonds is 7. The lowest BCUT2D eigenvalue weighted by Crippen LogP contribution is -2.32. The third-order valence-corrected chi connectivity index (χ3v) is 3.78. The molecule has 1 unspecified atom stereocenters. The second kappa shape index (κ2) is 8.96. The van der Waals surface area contributed by atoms with Crippen LogP contribution in [-0.4, -0.2) is 24.4 Å². The summed E-state index contributed by atoms with van der Waals surface area (Å²) in [5.41, 5.74) is 3.32. The summed E-state index contributed by atoms with van der Waals surface area (Å²) < 4.78 is 5.17. The van der Waals surface area contributed by atoms with Crippen molar-refractivity contribution >= 4 is 6.09 Å². The fourth-order valence-electron chi connectivity index (χ4n) is 2.35. The maximum Gasteiger partial charge on any atom is 0.407 e. The van der Waals surface area contributed by atoms with Crippen LogP contribution in [0.1, 0.15) is 16.7 Å². The largest absolute Gasteiger partial charge is 0.445 e. The second-order valence-corrected chi connectivity index (χ2v) is 5.62. The van der Waals surface area contributed by atoms with Crippen LogP contribution in [0, 0.1) is 12.8 Å². The van der Waals surface area contributed by atoms with Gasteiger partial charge in [-0.3, -0.25) is 0 Å². The monoisotopic (exact) mass is 313 g/mol. The van der Waals surface area contributed by atoms with Crippen molar-refractivity contribution in [1.29, 1.82) is 0 Å². The maximum absolute atomic E-state index is 11.7. The van der Waals surface area contributed by atoms with Crippen molar-refractivity contribution in [3.05, 3.63) is 71.3 Å². The molecule has 1 atom stereocenters. The number of hydrogen-bond donors (Lipinski definition) is 2. The molecule has 0 aliphatic carbocycles. The van der Waals surface area contributed by atoms with Gasteiger partial charge >= 0.3 is 6.09 Å². The molecule has 1 amide bonds. The summed E-state index contributed by atoms with van der Waals surface area (Å²) in [5, 5.41) is 12.2. The van der Waals surface area contributed by atoms with Gasteiger partial charge in [-0.05, 0) is 30.0 Å². The highest BCUT2D eigenvalue weighted by atomic mass is 16.5. The van der Waals surface area contributed by atoms with Gasteiger partial charge in [-0.2, -0.15) is 0 Å². The van der Waals surface area contributed by atoms with Crippen molar-refractivity contribution in [1.82, 2.24) is 5.32 Å². The molecule has 2 rings (SSSR count). The smallest absolute Gasteiger partial charge is 0.407 e. The first-order valence-electron chi connectivity index (χ1n) is 7.79. The lowest BCUT2D eigenvalue weighted by atomic mass is 9.97. The Hall–Kier alpha value is -2.33. The number of hydrogen-bond acceptors (Lipinski definition) is 3. The van der Waals surface area contributed by atoms with E-state index in [1.807, 2.05) is 61.5 Å². The van der Waals surface area contributed by atoms with Crippen molar-refractivity contribution in [3.63, 3.8) is 0 Å². The molecule has 0 saturated heterocycles. The van der Waals surface area contributed by atoms with Crippen molar-refractivity contribution in [2.75, 3.05) is 13.2 Å². The predicted molar refractivity (Wildman–Crippen MR) is 90.1 cm³/mol. The second-order valence-electron chi connectivity index (χ2n) is 5.62. The number of carbonyl (C=O) groups is 1. The van der Waals surface area contributed by atoms with E-state index in [-0.39, 0.29) is 19.1 Å². The number of nitrogens with one attached hydrogen (secondary N) is 1. The molecule has 0 spiro atoms. The first kappa shape index (κ1) is 17.0. The molecule has 23 heavy (non-hydrogen) atoms. The standard InChI is InChI=1S/C19H23NO3/c1-15-7-5-6-10-18(15)11-17(13-21)12-20-19(22)23-14-16-8-3-2-4-9-16/h2-10,17,21H,11-14H2,1H3,(H,20,22). The molecular weight excluding hydrogens is 290 g/mol. The SMILES string of the molecule is Cc1ccccc1CC(CO)CNC(=O)OCc1ccccc1. The zero-order chi connectivity index (χ0) is 16.5. The normalized spacial score (nSPS) is 11.7. The van der Waals surface area contributed by atoms with E-state index in [1.165, 1.54) is 11.1 Å². The average molecular weight is 313 g/mol. The molecule has 0 aromatic heterocycles. The molecule has 0 radical (unpaired) electrons. The van der Waals surface area contributed by atoms with Crippen LogP contribution in [-0.2, 0) is 17.8 Å². The Bertz CT molecular complexity index is 613. The van der Waals surface area contributed by atoms with Crippen molar-refractivity contribution < 1.29 is 14.6 Å². The number of alkyl carbamates (subject to hydrolysis) is 1. The summed E-state index contributed by atoms with van der Waals surface area (Å²) in [5.74, 6) is -0.0274. The molecule has 122 valence electrons. The molecule has 0 heterocycles. The minimum Gasteiger partial charge on any atom is -0.445 e. The number of benzene rings is 2. The van der Waals surface area contributed by atoms with Gasteiger partial charge in [-0.25, -0.2) is 4.79 Å². The number of amides is 1. The Balaban J connectivity index is 1.76. The van der Waals surface area contributed by atoms with E-state index in [2.05, 4.69) is 5.32 Å². The summed E-state index contributed by atoms with van der Waals surface area (Å²) in [6.07, 6.45) is 0.263. The van der Waals surface area contributed by atoms with Gasteiger partial charge in [0.05, 0.1) is 0 Å². The Morgan fingerprint density at radius 3 is 2.52 bits per heavy atom. The molecule has 0 bridgehead atoms. The quantitative estimate of drug-likeness (QED) is 0.826. The van der Waals surface area contributed by atoms with E-state index in [0.717, 1.165) is 12.0 Å². The highest BCUT2D eigenvalue weighted by Gasteiger charge is 2.12. The average Bonchev–Trinajstić information content (AvgIpc) is 2.59. The van der Waals surface area contributed by atoms with Gasteiger partial charge in [0.2, 0.25) is 0 Å². The fourth-order valence-corrected chi connectivity index (χ4v) is 2.35. The van der Waals surface area contributed by atoms with Crippen molar-refractivity contribution in [3.8, 4) is 0 Å². The minimum absolute atomic E-state index is 0.0211. The van der Waals surface area contributed by atoms with E-state index in [9.17, 15) is 9.90 Å². The molecule has 2 aromatic carbocycles. The Kier molecular flexibility index (Phi) is 6.63. The van der Waals surface area contributed by atoms with Gasteiger partial charge in [-0.1, -0.05) is 54.6 Å². The number of aliphatic hydroxyl groups excluding tert-OH is 1. The van der Waals surface area contributed by atoms with Crippen LogP contribution >= 0.6 is 0 Å². The van der Waals surface area contributed by atoms with Gasteiger partial charge in [0.1, 0.15) is 6.61 Å². The highest BCUT2D eigenvalue weighted by Crippen LogP contribution is 2.12. The molecular formula is C19H23NO3. The molecule has 4 heteroatoms. The Morgan fingerprint density at radius 2 is 1.83 bits per heavy atom. The van der Waals surface area contributed by atoms with Crippen LogP contribution in [0.5, 0.6) is 0 Å². The topological polar surface area (TPSA) is 58.6 Å². The lowest BCUT2D eigenvalue weighted by molar-refractivity contribution is 0.135. The van der Waals surface area contributed by atoms with Gasteiger partial charge in [0, 0.05) is 19.1 Å². The summed E-state index contributed by atoms with van der Waals surface area (Å²) >= 11 is 0. The van der Waals surface area contributed by atoms with E-state index in [0.29, 0.717) is 6.54 Å². The fraction of sp³-hybridized carbons (Fsp3) is 0.316. The number of aliphatic hydroxyl groups is 1. The summed E-state index contributed by atoms with van der Waals surface area (Å²) in [7, 11) is 0. The first-order valence-corrected chi connectivity index (χ1v) is 7.79. The number of aryl methyl sites for hydroxylation is 1. The van der Waals surface area contributed by atoms with E-state index < -0.39 is 6.09 Å². The molecule has 0 saturated carbocycles. The van der Waals surface area contributed by atoms with Gasteiger partial charge in [-0.15, -0.1) is 0 Å². The summed E-state index contributed by atoms with van der Waals surface area (Å²) in [4.78, 5) is 11.7. The maximum atomic E-state index is 11.7. The van der Waals surface area contributed by atoms with Gasteiger partial charge in [0.25, 0.3) is 0 Å². The summed E-state index contributed by atoms with van der Waals surface area (Å²) in [6, 6.07) is 17.6. The van der Waals surface area contributed by atoms with Crippen molar-refractivity contribution in [2.24, 2.45) is 5.92 Å². The third kappa shape index (κ3) is 5.75. The molecule has 0 aliphatic rings. The van der Waals surface area contributed by atoms with E-state index in [4.69, 9.17) is 4.74 Å². The molecule has 2 aromatic rings.